The molecule has 32 heavy (non-hydrogen) atoms. The number of aromatic nitrogens is 2. The zero-order chi connectivity index (χ0) is 22.5. The molecule has 2 aliphatic rings. The number of imidazole rings is 1. The summed E-state index contributed by atoms with van der Waals surface area (Å²) in [7, 11) is 1.26. The van der Waals surface area contributed by atoms with Gasteiger partial charge in [-0.15, -0.1) is 0 Å². The van der Waals surface area contributed by atoms with Gasteiger partial charge in [0, 0.05) is 22.8 Å². The normalized spacial score (nSPS) is 22.4. The van der Waals surface area contributed by atoms with Crippen molar-refractivity contribution in [2.75, 3.05) is 33.5 Å². The molecular formula is C22H25BrN4O5. The third-order valence-electron chi connectivity index (χ3n) is 5.44. The molecule has 0 saturated carbocycles. The zero-order valence-corrected chi connectivity index (χ0v) is 19.3. The largest absolute Gasteiger partial charge is 0.489 e. The van der Waals surface area contributed by atoms with Gasteiger partial charge in [-0.2, -0.15) is 0 Å². The van der Waals surface area contributed by atoms with Crippen molar-refractivity contribution in [3.63, 3.8) is 0 Å². The molecule has 170 valence electrons. The van der Waals surface area contributed by atoms with E-state index >= 15 is 0 Å². The number of carbonyl (C=O) groups excluding carboxylic acids is 2. The number of amides is 2. The first-order valence-corrected chi connectivity index (χ1v) is 11.2. The summed E-state index contributed by atoms with van der Waals surface area (Å²) < 4.78 is 17.2. The molecule has 0 spiro atoms. The summed E-state index contributed by atoms with van der Waals surface area (Å²) in [5, 5.41) is 2.59. The first kappa shape index (κ1) is 22.3. The van der Waals surface area contributed by atoms with Crippen molar-refractivity contribution in [2.24, 2.45) is 0 Å². The summed E-state index contributed by atoms with van der Waals surface area (Å²) in [4.78, 5) is 34.9. The Kier molecular flexibility index (Phi) is 7.11. The Morgan fingerprint density at radius 2 is 2.19 bits per heavy atom. The molecule has 10 heteroatoms. The number of nitrogens with zero attached hydrogens (tertiary/aromatic N) is 2. The number of halogens is 1. The highest BCUT2D eigenvalue weighted by Gasteiger charge is 2.36. The van der Waals surface area contributed by atoms with E-state index in [4.69, 9.17) is 14.5 Å². The summed E-state index contributed by atoms with van der Waals surface area (Å²) >= 11 is 3.49. The highest BCUT2D eigenvalue weighted by atomic mass is 79.9. The fourth-order valence-electron chi connectivity index (χ4n) is 3.89. The minimum Gasteiger partial charge on any atom is -0.489 e. The summed E-state index contributed by atoms with van der Waals surface area (Å²) in [5.41, 5.74) is 1.60. The molecule has 1 aromatic heterocycles. The van der Waals surface area contributed by atoms with Gasteiger partial charge >= 0.3 is 6.09 Å². The van der Waals surface area contributed by atoms with Crippen LogP contribution in [0.1, 0.15) is 24.7 Å². The van der Waals surface area contributed by atoms with Crippen LogP contribution in [0.4, 0.5) is 4.79 Å². The number of carbonyl (C=O) groups is 2. The molecule has 2 N–H and O–H groups in total. The van der Waals surface area contributed by atoms with Crippen LogP contribution in [0, 0.1) is 0 Å². The first-order chi connectivity index (χ1) is 15.6. The lowest BCUT2D eigenvalue weighted by Gasteiger charge is -2.28. The predicted molar refractivity (Wildman–Crippen MR) is 120 cm³/mol. The van der Waals surface area contributed by atoms with E-state index in [0.29, 0.717) is 24.7 Å². The molecule has 1 aromatic carbocycles. The Morgan fingerprint density at radius 3 is 3.03 bits per heavy atom. The number of ether oxygens (including phenoxy) is 3. The quantitative estimate of drug-likeness (QED) is 0.577. The fourth-order valence-corrected chi connectivity index (χ4v) is 4.23. The van der Waals surface area contributed by atoms with E-state index in [1.807, 2.05) is 36.5 Å². The Balaban J connectivity index is 1.67. The second-order valence-corrected chi connectivity index (χ2v) is 8.43. The molecule has 0 radical (unpaired) electrons. The zero-order valence-electron chi connectivity index (χ0n) is 17.7. The van der Waals surface area contributed by atoms with Crippen LogP contribution in [0.2, 0.25) is 0 Å². The van der Waals surface area contributed by atoms with E-state index in [2.05, 4.69) is 31.0 Å². The van der Waals surface area contributed by atoms with Crippen molar-refractivity contribution >= 4 is 27.9 Å². The molecule has 3 heterocycles. The van der Waals surface area contributed by atoms with Crippen LogP contribution in [0.25, 0.3) is 11.3 Å². The van der Waals surface area contributed by atoms with Crippen molar-refractivity contribution < 1.29 is 23.8 Å². The number of hydrogen-bond acceptors (Lipinski definition) is 6. The van der Waals surface area contributed by atoms with Gasteiger partial charge in [0.15, 0.2) is 0 Å². The SMILES string of the molecule is COC(=O)NC1COC/C=C\COc2cc(Br)ccc2-c2c[nH]c(n2)C2CCCN2C1=O. The number of benzene rings is 1. The van der Waals surface area contributed by atoms with E-state index in [1.165, 1.54) is 7.11 Å². The molecule has 2 aliphatic heterocycles. The van der Waals surface area contributed by atoms with Gasteiger partial charge in [0.25, 0.3) is 0 Å². The minimum absolute atomic E-state index is 0.0293. The predicted octanol–water partition coefficient (Wildman–Crippen LogP) is 3.19. The molecule has 2 unspecified atom stereocenters. The number of aromatic amines is 1. The molecular weight excluding hydrogens is 480 g/mol. The average molecular weight is 505 g/mol. The van der Waals surface area contributed by atoms with E-state index in [1.54, 1.807) is 4.90 Å². The maximum atomic E-state index is 13.3. The number of rotatable bonds is 1. The molecule has 2 atom stereocenters. The van der Waals surface area contributed by atoms with Crippen molar-refractivity contribution in [3.8, 4) is 17.0 Å². The molecule has 1 fully saturated rings. The lowest BCUT2D eigenvalue weighted by atomic mass is 10.1. The number of nitrogens with one attached hydrogen (secondary N) is 2. The smallest absolute Gasteiger partial charge is 0.407 e. The van der Waals surface area contributed by atoms with Crippen LogP contribution < -0.4 is 10.1 Å². The van der Waals surface area contributed by atoms with Gasteiger partial charge < -0.3 is 29.4 Å². The summed E-state index contributed by atoms with van der Waals surface area (Å²) in [6.07, 6.45) is 6.42. The van der Waals surface area contributed by atoms with E-state index < -0.39 is 12.1 Å². The van der Waals surface area contributed by atoms with Crippen LogP contribution in [0.15, 0.2) is 41.0 Å². The molecule has 1 saturated heterocycles. The number of methoxy groups -OCH3 is 1. The number of fused-ring (bicyclic) bond motifs is 6. The van der Waals surface area contributed by atoms with Crippen molar-refractivity contribution in [2.45, 2.75) is 24.9 Å². The number of hydrogen-bond donors (Lipinski definition) is 2. The maximum absolute atomic E-state index is 13.3. The number of alkyl carbamates (subject to hydrolysis) is 1. The molecule has 4 rings (SSSR count). The Morgan fingerprint density at radius 1 is 1.34 bits per heavy atom. The second kappa shape index (κ2) is 10.2. The molecule has 2 amide bonds. The monoisotopic (exact) mass is 504 g/mol. The molecule has 2 bridgehead atoms. The van der Waals surface area contributed by atoms with Gasteiger partial charge in [-0.1, -0.05) is 22.0 Å². The van der Waals surface area contributed by atoms with Gasteiger partial charge in [0.1, 0.15) is 24.2 Å². The van der Waals surface area contributed by atoms with Crippen LogP contribution >= 0.6 is 15.9 Å². The van der Waals surface area contributed by atoms with Crippen molar-refractivity contribution in [1.82, 2.24) is 20.2 Å². The topological polar surface area (TPSA) is 106 Å². The van der Waals surface area contributed by atoms with Gasteiger partial charge in [0.05, 0.1) is 32.1 Å². The van der Waals surface area contributed by atoms with Crippen molar-refractivity contribution in [3.05, 3.63) is 46.8 Å². The summed E-state index contributed by atoms with van der Waals surface area (Å²) in [6.45, 7) is 1.24. The Labute approximate surface area is 194 Å². The average Bonchev–Trinajstić information content (AvgIpc) is 3.46. The number of H-pyrrole nitrogens is 1. The Hall–Kier alpha value is -2.85. The van der Waals surface area contributed by atoms with E-state index in [-0.39, 0.29) is 25.2 Å². The Bertz CT molecular complexity index is 1010. The molecule has 0 aliphatic carbocycles. The van der Waals surface area contributed by atoms with Crippen LogP contribution in [-0.2, 0) is 14.3 Å². The maximum Gasteiger partial charge on any atom is 0.407 e. The molecule has 9 nitrogen and oxygen atoms in total. The summed E-state index contributed by atoms with van der Waals surface area (Å²) in [6, 6.07) is 4.72. The highest BCUT2D eigenvalue weighted by Crippen LogP contribution is 2.35. The lowest BCUT2D eigenvalue weighted by molar-refractivity contribution is -0.135. The van der Waals surface area contributed by atoms with Crippen LogP contribution in [0.5, 0.6) is 5.75 Å². The van der Waals surface area contributed by atoms with Crippen LogP contribution in [0.3, 0.4) is 0 Å². The van der Waals surface area contributed by atoms with E-state index in [0.717, 1.165) is 28.6 Å². The standard InChI is InChI=1S/C22H25BrN4O5/c1-30-22(29)26-17-13-31-9-2-3-10-32-19-11-14(23)6-7-15(19)16-12-24-20(25-16)18-5-4-8-27(18)21(17)28/h2-3,6-7,11-12,17-18H,4-5,8-10,13H2,1H3,(H,24,25)(H,26,29)/b3-2-. The van der Waals surface area contributed by atoms with Gasteiger partial charge in [-0.25, -0.2) is 9.78 Å². The van der Waals surface area contributed by atoms with Gasteiger partial charge in [-0.3, -0.25) is 4.79 Å². The third kappa shape index (κ3) is 4.97. The molecule has 2 aromatic rings. The van der Waals surface area contributed by atoms with Gasteiger partial charge in [0.2, 0.25) is 5.91 Å². The first-order valence-electron chi connectivity index (χ1n) is 10.4. The van der Waals surface area contributed by atoms with Crippen molar-refractivity contribution in [1.29, 1.82) is 0 Å². The van der Waals surface area contributed by atoms with Crippen LogP contribution in [-0.4, -0.2) is 66.4 Å². The van der Waals surface area contributed by atoms with E-state index in [9.17, 15) is 9.59 Å². The van der Waals surface area contributed by atoms with Gasteiger partial charge in [-0.05, 0) is 37.1 Å². The third-order valence-corrected chi connectivity index (χ3v) is 5.94. The highest BCUT2D eigenvalue weighted by molar-refractivity contribution is 9.10. The second-order valence-electron chi connectivity index (χ2n) is 7.51. The summed E-state index contributed by atoms with van der Waals surface area (Å²) in [5.74, 6) is 1.18. The minimum atomic E-state index is -0.854. The fraction of sp³-hybridized carbons (Fsp3) is 0.409. The lowest BCUT2D eigenvalue weighted by Crippen LogP contribution is -2.50.